The number of esters is 1. The number of pyridine rings is 1. The van der Waals surface area contributed by atoms with Gasteiger partial charge in [0, 0.05) is 12.2 Å². The van der Waals surface area contributed by atoms with Crippen molar-refractivity contribution >= 4 is 5.97 Å². The molecule has 0 saturated carbocycles. The van der Waals surface area contributed by atoms with Crippen LogP contribution in [0.5, 0.6) is 0 Å². The third-order valence-electron chi connectivity index (χ3n) is 4.28. The first-order chi connectivity index (χ1) is 13.5. The van der Waals surface area contributed by atoms with Crippen LogP contribution in [-0.4, -0.2) is 32.8 Å². The zero-order valence-electron chi connectivity index (χ0n) is 16.1. The summed E-state index contributed by atoms with van der Waals surface area (Å²) < 4.78 is 19.9. The second-order valence-corrected chi connectivity index (χ2v) is 6.46. The Morgan fingerprint density at radius 1 is 1.14 bits per heavy atom. The second-order valence-electron chi connectivity index (χ2n) is 6.46. The van der Waals surface area contributed by atoms with Crippen LogP contribution in [-0.2, 0) is 24.4 Å². The summed E-state index contributed by atoms with van der Waals surface area (Å²) in [5.74, 6) is 0.898. The van der Waals surface area contributed by atoms with Crippen molar-refractivity contribution in [2.24, 2.45) is 0 Å². The van der Waals surface area contributed by atoms with E-state index >= 15 is 0 Å². The topological polar surface area (TPSA) is 81.9 Å². The lowest BCUT2D eigenvalue weighted by atomic mass is 10.2. The van der Waals surface area contributed by atoms with Crippen molar-refractivity contribution < 1.29 is 13.9 Å². The number of carbonyl (C=O) groups is 1. The molecule has 0 fully saturated rings. The number of halogens is 1. The Morgan fingerprint density at radius 3 is 2.61 bits per heavy atom. The van der Waals surface area contributed by atoms with Crippen LogP contribution in [0.1, 0.15) is 39.0 Å². The largest absolute Gasteiger partial charge is 0.465 e. The summed E-state index contributed by atoms with van der Waals surface area (Å²) in [5, 5.41) is 11.6. The smallest absolute Gasteiger partial charge is 0.337 e. The minimum absolute atomic E-state index is 0.261. The predicted molar refractivity (Wildman–Crippen MR) is 101 cm³/mol. The number of aryl methyl sites for hydroxylation is 2. The van der Waals surface area contributed by atoms with E-state index in [1.54, 1.807) is 24.3 Å². The van der Waals surface area contributed by atoms with Crippen molar-refractivity contribution in [3.8, 4) is 0 Å². The number of carbonyl (C=O) groups excluding carboxylic acids is 1. The molecule has 0 spiro atoms. The molecule has 1 aromatic carbocycles. The van der Waals surface area contributed by atoms with Gasteiger partial charge in [-0.2, -0.15) is 0 Å². The van der Waals surface area contributed by atoms with E-state index in [2.05, 4.69) is 20.5 Å². The molecule has 3 aromatic rings. The van der Waals surface area contributed by atoms with Gasteiger partial charge < -0.3 is 14.6 Å². The van der Waals surface area contributed by atoms with Crippen LogP contribution in [0.3, 0.4) is 0 Å². The third-order valence-corrected chi connectivity index (χ3v) is 4.28. The molecule has 2 heterocycles. The number of rotatable bonds is 7. The van der Waals surface area contributed by atoms with Crippen LogP contribution < -0.4 is 5.32 Å². The lowest BCUT2D eigenvalue weighted by Crippen LogP contribution is -2.19. The molecular formula is C20H22FN5O2. The number of hydrogen-bond donors (Lipinski definition) is 1. The average molecular weight is 383 g/mol. The van der Waals surface area contributed by atoms with Gasteiger partial charge in [0.1, 0.15) is 17.5 Å². The minimum Gasteiger partial charge on any atom is -0.465 e. The van der Waals surface area contributed by atoms with Crippen LogP contribution in [0.15, 0.2) is 36.4 Å². The first-order valence-electron chi connectivity index (χ1n) is 8.86. The highest BCUT2D eigenvalue weighted by atomic mass is 19.1. The standard InChI is InChI=1S/C20H22FN5O2/c1-13-8-16(20(27)28-3)9-18(23-13)10-22-11-19-25-24-14(2)26(19)12-15-4-6-17(21)7-5-15/h4-9,22H,10-12H2,1-3H3. The molecule has 0 bridgehead atoms. The average Bonchev–Trinajstić information content (AvgIpc) is 3.02. The molecule has 28 heavy (non-hydrogen) atoms. The van der Waals surface area contributed by atoms with E-state index < -0.39 is 0 Å². The van der Waals surface area contributed by atoms with Crippen molar-refractivity contribution in [3.05, 3.63) is 76.4 Å². The summed E-state index contributed by atoms with van der Waals surface area (Å²) in [5.41, 5.74) is 2.92. The zero-order valence-corrected chi connectivity index (χ0v) is 16.1. The number of aromatic nitrogens is 4. The number of benzene rings is 1. The van der Waals surface area contributed by atoms with E-state index in [0.29, 0.717) is 25.2 Å². The van der Waals surface area contributed by atoms with Gasteiger partial charge >= 0.3 is 5.97 Å². The quantitative estimate of drug-likeness (QED) is 0.632. The molecule has 7 nitrogen and oxygen atoms in total. The molecule has 0 amide bonds. The number of nitrogens with one attached hydrogen (secondary N) is 1. The van der Waals surface area contributed by atoms with Gasteiger partial charge in [-0.15, -0.1) is 10.2 Å². The van der Waals surface area contributed by atoms with Crippen molar-refractivity contribution in [1.82, 2.24) is 25.1 Å². The fourth-order valence-corrected chi connectivity index (χ4v) is 2.90. The minimum atomic E-state index is -0.388. The van der Waals surface area contributed by atoms with E-state index in [0.717, 1.165) is 28.6 Å². The molecule has 8 heteroatoms. The summed E-state index contributed by atoms with van der Waals surface area (Å²) in [6, 6.07) is 9.77. The SMILES string of the molecule is COC(=O)c1cc(C)nc(CNCc2nnc(C)n2Cc2ccc(F)cc2)c1. The second kappa shape index (κ2) is 8.71. The Hall–Kier alpha value is -3.13. The molecule has 0 radical (unpaired) electrons. The summed E-state index contributed by atoms with van der Waals surface area (Å²) in [7, 11) is 1.35. The lowest BCUT2D eigenvalue weighted by Gasteiger charge is -2.10. The molecule has 146 valence electrons. The highest BCUT2D eigenvalue weighted by Crippen LogP contribution is 2.10. The Balaban J connectivity index is 1.66. The van der Waals surface area contributed by atoms with Crippen molar-refractivity contribution in [2.45, 2.75) is 33.5 Å². The van der Waals surface area contributed by atoms with Gasteiger partial charge in [0.05, 0.1) is 31.5 Å². The highest BCUT2D eigenvalue weighted by molar-refractivity contribution is 5.89. The van der Waals surface area contributed by atoms with Gasteiger partial charge in [0.25, 0.3) is 0 Å². The summed E-state index contributed by atoms with van der Waals surface area (Å²) in [6.45, 7) is 5.22. The van der Waals surface area contributed by atoms with Gasteiger partial charge in [-0.05, 0) is 43.7 Å². The molecular weight excluding hydrogens is 361 g/mol. The first kappa shape index (κ1) is 19.6. The van der Waals surface area contributed by atoms with Crippen LogP contribution in [0, 0.1) is 19.7 Å². The van der Waals surface area contributed by atoms with Crippen molar-refractivity contribution in [2.75, 3.05) is 7.11 Å². The number of ether oxygens (including phenoxy) is 1. The number of hydrogen-bond acceptors (Lipinski definition) is 6. The molecule has 2 aromatic heterocycles. The van der Waals surface area contributed by atoms with E-state index in [-0.39, 0.29) is 11.8 Å². The number of methoxy groups -OCH3 is 1. The normalized spacial score (nSPS) is 10.9. The Morgan fingerprint density at radius 2 is 1.89 bits per heavy atom. The van der Waals surface area contributed by atoms with Gasteiger partial charge in [-0.25, -0.2) is 9.18 Å². The Kier molecular flexibility index (Phi) is 6.10. The maximum Gasteiger partial charge on any atom is 0.337 e. The molecule has 1 N–H and O–H groups in total. The molecule has 0 atom stereocenters. The summed E-state index contributed by atoms with van der Waals surface area (Å²) >= 11 is 0. The zero-order chi connectivity index (χ0) is 20.1. The van der Waals surface area contributed by atoms with Crippen LogP contribution >= 0.6 is 0 Å². The predicted octanol–water partition coefficient (Wildman–Crippen LogP) is 2.55. The summed E-state index contributed by atoms with van der Waals surface area (Å²) in [6.07, 6.45) is 0. The van der Waals surface area contributed by atoms with E-state index in [1.165, 1.54) is 19.2 Å². The Labute approximate surface area is 162 Å². The van der Waals surface area contributed by atoms with Gasteiger partial charge in [-0.1, -0.05) is 12.1 Å². The Bertz CT molecular complexity index is 969. The molecule has 0 unspecified atom stereocenters. The lowest BCUT2D eigenvalue weighted by molar-refractivity contribution is 0.0600. The van der Waals surface area contributed by atoms with Gasteiger partial charge in [0.2, 0.25) is 0 Å². The molecule has 0 aliphatic carbocycles. The number of nitrogens with zero attached hydrogens (tertiary/aromatic N) is 4. The van der Waals surface area contributed by atoms with Crippen LogP contribution in [0.2, 0.25) is 0 Å². The van der Waals surface area contributed by atoms with Crippen molar-refractivity contribution in [1.29, 1.82) is 0 Å². The fourth-order valence-electron chi connectivity index (χ4n) is 2.90. The summed E-state index contributed by atoms with van der Waals surface area (Å²) in [4.78, 5) is 16.2. The molecule has 0 aliphatic rings. The van der Waals surface area contributed by atoms with Gasteiger partial charge in [0.15, 0.2) is 0 Å². The molecule has 0 aliphatic heterocycles. The first-order valence-corrected chi connectivity index (χ1v) is 8.86. The van der Waals surface area contributed by atoms with Crippen molar-refractivity contribution in [3.63, 3.8) is 0 Å². The maximum absolute atomic E-state index is 13.1. The van der Waals surface area contributed by atoms with E-state index in [1.807, 2.05) is 18.4 Å². The van der Waals surface area contributed by atoms with Crippen LogP contribution in [0.4, 0.5) is 4.39 Å². The van der Waals surface area contributed by atoms with E-state index in [4.69, 9.17) is 4.74 Å². The highest BCUT2D eigenvalue weighted by Gasteiger charge is 2.11. The monoisotopic (exact) mass is 383 g/mol. The maximum atomic E-state index is 13.1. The van der Waals surface area contributed by atoms with Gasteiger partial charge in [-0.3, -0.25) is 4.98 Å². The van der Waals surface area contributed by atoms with E-state index in [9.17, 15) is 9.18 Å². The molecule has 3 rings (SSSR count). The van der Waals surface area contributed by atoms with Crippen LogP contribution in [0.25, 0.3) is 0 Å². The fraction of sp³-hybridized carbons (Fsp3) is 0.300. The molecule has 0 saturated heterocycles. The third kappa shape index (κ3) is 4.77.